The summed E-state index contributed by atoms with van der Waals surface area (Å²) < 4.78 is 10.2. The number of aliphatic hydroxyl groups excluding tert-OH is 1. The molecule has 1 unspecified atom stereocenters. The van der Waals surface area contributed by atoms with Crippen LogP contribution in [0.5, 0.6) is 0 Å². The minimum absolute atomic E-state index is 0.134. The molecule has 5 nitrogen and oxygen atoms in total. The Morgan fingerprint density at radius 1 is 1.17 bits per heavy atom. The van der Waals surface area contributed by atoms with E-state index in [1.807, 2.05) is 6.92 Å². The molecular formula is C13H30N2O3. The minimum Gasteiger partial charge on any atom is -0.394 e. The van der Waals surface area contributed by atoms with E-state index < -0.39 is 0 Å². The van der Waals surface area contributed by atoms with E-state index in [0.29, 0.717) is 6.61 Å². The molecule has 18 heavy (non-hydrogen) atoms. The highest BCUT2D eigenvalue weighted by molar-refractivity contribution is 4.85. The summed E-state index contributed by atoms with van der Waals surface area (Å²) in [6.45, 7) is 9.21. The molecule has 0 aromatic rings. The summed E-state index contributed by atoms with van der Waals surface area (Å²) in [5.74, 6) is 0. The van der Waals surface area contributed by atoms with Crippen LogP contribution in [-0.4, -0.2) is 75.8 Å². The monoisotopic (exact) mass is 262 g/mol. The predicted molar refractivity (Wildman–Crippen MR) is 74.0 cm³/mol. The largest absolute Gasteiger partial charge is 0.394 e. The fourth-order valence-electron chi connectivity index (χ4n) is 2.00. The van der Waals surface area contributed by atoms with Gasteiger partial charge in [-0.3, -0.25) is 4.90 Å². The second-order valence-electron chi connectivity index (χ2n) is 4.86. The van der Waals surface area contributed by atoms with Crippen LogP contribution in [0.15, 0.2) is 0 Å². The van der Waals surface area contributed by atoms with Gasteiger partial charge in [-0.05, 0) is 19.9 Å². The van der Waals surface area contributed by atoms with Gasteiger partial charge in [0.2, 0.25) is 0 Å². The first kappa shape index (κ1) is 17.8. The van der Waals surface area contributed by atoms with Gasteiger partial charge in [-0.25, -0.2) is 0 Å². The second kappa shape index (κ2) is 10.7. The van der Waals surface area contributed by atoms with Crippen molar-refractivity contribution in [1.29, 1.82) is 0 Å². The number of aliphatic hydroxyl groups is 1. The molecule has 0 saturated heterocycles. The molecule has 0 fully saturated rings. The van der Waals surface area contributed by atoms with E-state index in [1.165, 1.54) is 0 Å². The Bertz CT molecular complexity index is 193. The van der Waals surface area contributed by atoms with E-state index in [1.54, 1.807) is 14.2 Å². The van der Waals surface area contributed by atoms with Gasteiger partial charge in [0, 0.05) is 40.5 Å². The Morgan fingerprint density at radius 3 is 2.33 bits per heavy atom. The van der Waals surface area contributed by atoms with Crippen LogP contribution in [0.3, 0.4) is 0 Å². The van der Waals surface area contributed by atoms with Crippen LogP contribution in [0.25, 0.3) is 0 Å². The maximum Gasteiger partial charge on any atom is 0.0623 e. The number of methoxy groups -OCH3 is 2. The fraction of sp³-hybridized carbons (Fsp3) is 1.00. The van der Waals surface area contributed by atoms with Crippen molar-refractivity contribution in [3.8, 4) is 0 Å². The molecule has 0 aromatic carbocycles. The van der Waals surface area contributed by atoms with Crippen molar-refractivity contribution in [2.45, 2.75) is 25.8 Å². The number of hydrogen-bond donors (Lipinski definition) is 2. The third-order valence-corrected chi connectivity index (χ3v) is 2.96. The first-order valence-corrected chi connectivity index (χ1v) is 6.68. The second-order valence-corrected chi connectivity index (χ2v) is 4.86. The highest BCUT2D eigenvalue weighted by Gasteiger charge is 2.24. The summed E-state index contributed by atoms with van der Waals surface area (Å²) in [5, 5.41) is 12.9. The summed E-state index contributed by atoms with van der Waals surface area (Å²) in [5.41, 5.74) is -0.254. The summed E-state index contributed by atoms with van der Waals surface area (Å²) in [6.07, 6.45) is 0.994. The average Bonchev–Trinajstić information content (AvgIpc) is 2.36. The summed E-state index contributed by atoms with van der Waals surface area (Å²) >= 11 is 0. The highest BCUT2D eigenvalue weighted by Crippen LogP contribution is 2.07. The SMILES string of the molecule is CCNC(C)(CO)CN(CCCOC)CCOC. The van der Waals surface area contributed by atoms with E-state index in [2.05, 4.69) is 17.1 Å². The number of likely N-dealkylation sites (N-methyl/N-ethyl adjacent to an activating group) is 1. The van der Waals surface area contributed by atoms with Crippen LogP contribution < -0.4 is 5.32 Å². The molecule has 0 amide bonds. The lowest BCUT2D eigenvalue weighted by Gasteiger charge is -2.35. The predicted octanol–water partition coefficient (Wildman–Crippen LogP) is 0.332. The molecule has 0 radical (unpaired) electrons. The Morgan fingerprint density at radius 2 is 1.83 bits per heavy atom. The number of nitrogens with zero attached hydrogens (tertiary/aromatic N) is 1. The van der Waals surface area contributed by atoms with Gasteiger partial charge in [-0.1, -0.05) is 6.92 Å². The minimum atomic E-state index is -0.254. The van der Waals surface area contributed by atoms with Crippen molar-refractivity contribution in [2.75, 3.05) is 60.2 Å². The molecule has 0 heterocycles. The van der Waals surface area contributed by atoms with Crippen LogP contribution in [0.4, 0.5) is 0 Å². The number of hydrogen-bond acceptors (Lipinski definition) is 5. The molecule has 0 aliphatic heterocycles. The van der Waals surface area contributed by atoms with Gasteiger partial charge in [0.15, 0.2) is 0 Å². The number of rotatable bonds is 12. The Labute approximate surface area is 111 Å². The molecule has 0 aromatic heterocycles. The zero-order chi connectivity index (χ0) is 13.9. The molecule has 0 saturated carbocycles. The molecule has 0 rings (SSSR count). The maximum absolute atomic E-state index is 9.52. The number of ether oxygens (including phenoxy) is 2. The van der Waals surface area contributed by atoms with Crippen molar-refractivity contribution in [1.82, 2.24) is 10.2 Å². The van der Waals surface area contributed by atoms with Crippen LogP contribution >= 0.6 is 0 Å². The first-order valence-electron chi connectivity index (χ1n) is 6.68. The normalized spacial score (nSPS) is 15.0. The molecule has 1 atom stereocenters. The smallest absolute Gasteiger partial charge is 0.0623 e. The van der Waals surface area contributed by atoms with E-state index in [9.17, 15) is 5.11 Å². The summed E-state index contributed by atoms with van der Waals surface area (Å²) in [6, 6.07) is 0. The van der Waals surface area contributed by atoms with Gasteiger partial charge in [-0.15, -0.1) is 0 Å². The summed E-state index contributed by atoms with van der Waals surface area (Å²) in [4.78, 5) is 2.31. The van der Waals surface area contributed by atoms with Crippen LogP contribution in [0.1, 0.15) is 20.3 Å². The molecule has 0 aliphatic carbocycles. The lowest BCUT2D eigenvalue weighted by molar-refractivity contribution is 0.0882. The molecular weight excluding hydrogens is 232 g/mol. The Hall–Kier alpha value is -0.200. The molecule has 2 N–H and O–H groups in total. The lowest BCUT2D eigenvalue weighted by Crippen LogP contribution is -2.54. The maximum atomic E-state index is 9.52. The third kappa shape index (κ3) is 8.00. The van der Waals surface area contributed by atoms with Gasteiger partial charge in [0.1, 0.15) is 0 Å². The van der Waals surface area contributed by atoms with E-state index >= 15 is 0 Å². The van der Waals surface area contributed by atoms with E-state index in [0.717, 1.165) is 39.2 Å². The van der Waals surface area contributed by atoms with Crippen molar-refractivity contribution in [3.05, 3.63) is 0 Å². The molecule has 110 valence electrons. The van der Waals surface area contributed by atoms with Crippen LogP contribution in [-0.2, 0) is 9.47 Å². The van der Waals surface area contributed by atoms with Crippen molar-refractivity contribution >= 4 is 0 Å². The van der Waals surface area contributed by atoms with E-state index in [4.69, 9.17) is 9.47 Å². The Kier molecular flexibility index (Phi) is 10.6. The van der Waals surface area contributed by atoms with Crippen molar-refractivity contribution < 1.29 is 14.6 Å². The third-order valence-electron chi connectivity index (χ3n) is 2.96. The fourth-order valence-corrected chi connectivity index (χ4v) is 2.00. The summed E-state index contributed by atoms with van der Waals surface area (Å²) in [7, 11) is 3.43. The van der Waals surface area contributed by atoms with Crippen molar-refractivity contribution in [2.24, 2.45) is 0 Å². The van der Waals surface area contributed by atoms with Crippen LogP contribution in [0, 0.1) is 0 Å². The van der Waals surface area contributed by atoms with Gasteiger partial charge >= 0.3 is 0 Å². The molecule has 0 spiro atoms. The number of nitrogens with one attached hydrogen (secondary N) is 1. The molecule has 0 bridgehead atoms. The quantitative estimate of drug-likeness (QED) is 0.497. The lowest BCUT2D eigenvalue weighted by atomic mass is 10.0. The van der Waals surface area contributed by atoms with Gasteiger partial charge < -0.3 is 19.9 Å². The Balaban J connectivity index is 4.25. The van der Waals surface area contributed by atoms with Gasteiger partial charge in [0.25, 0.3) is 0 Å². The van der Waals surface area contributed by atoms with Gasteiger partial charge in [0.05, 0.1) is 18.8 Å². The van der Waals surface area contributed by atoms with E-state index in [-0.39, 0.29) is 12.1 Å². The first-order chi connectivity index (χ1) is 8.61. The molecule has 5 heteroatoms. The standard InChI is InChI=1S/C13H30N2O3/c1-5-14-13(2,12-16)11-15(8-10-18-4)7-6-9-17-3/h14,16H,5-12H2,1-4H3. The topological polar surface area (TPSA) is 54.0 Å². The van der Waals surface area contributed by atoms with Crippen LogP contribution in [0.2, 0.25) is 0 Å². The zero-order valence-electron chi connectivity index (χ0n) is 12.4. The highest BCUT2D eigenvalue weighted by atomic mass is 16.5. The van der Waals surface area contributed by atoms with Gasteiger partial charge in [-0.2, -0.15) is 0 Å². The average molecular weight is 262 g/mol. The molecule has 0 aliphatic rings. The van der Waals surface area contributed by atoms with Crippen molar-refractivity contribution in [3.63, 3.8) is 0 Å². The zero-order valence-corrected chi connectivity index (χ0v) is 12.4.